The first-order chi connectivity index (χ1) is 67.8. The zero-order chi connectivity index (χ0) is 104. The Morgan fingerprint density at radius 3 is 1.10 bits per heavy atom. The lowest BCUT2D eigenvalue weighted by Crippen LogP contribution is -2.39. The van der Waals surface area contributed by atoms with Crippen LogP contribution in [0.1, 0.15) is 240 Å². The fraction of sp³-hybridized carbons (Fsp3) is 0.366. The highest BCUT2D eigenvalue weighted by Crippen LogP contribution is 2.49. The van der Waals surface area contributed by atoms with E-state index in [1.54, 1.807) is 10.6 Å². The summed E-state index contributed by atoms with van der Waals surface area (Å²) in [5.41, 5.74) is 34.3. The first kappa shape index (κ1) is 109. The van der Waals surface area contributed by atoms with Gasteiger partial charge in [-0.2, -0.15) is 9.97 Å². The number of nitrogens with one attached hydrogen (secondary N) is 6. The Morgan fingerprint density at radius 1 is 0.420 bits per heavy atom. The molecule has 0 aliphatic heterocycles. The summed E-state index contributed by atoms with van der Waals surface area (Å²) in [5.74, 6) is -0.335. The molecule has 0 radical (unpaired) electrons. The summed E-state index contributed by atoms with van der Waals surface area (Å²) in [5, 5.41) is 8.52. The van der Waals surface area contributed by atoms with Crippen LogP contribution < -0.4 is 27.4 Å². The summed E-state index contributed by atoms with van der Waals surface area (Å²) in [4.78, 5) is 104. The largest absolute Gasteiger partial charge is 0.369 e. The van der Waals surface area contributed by atoms with Gasteiger partial charge in [-0.25, -0.2) is 49.4 Å². The highest BCUT2D eigenvalue weighted by molar-refractivity contribution is 7.71. The molecule has 0 aromatic carbocycles. The van der Waals surface area contributed by atoms with E-state index in [1.807, 2.05) is 184 Å². The molecule has 10 N–H and O–H groups in total. The molecule has 31 heteroatoms. The highest BCUT2D eigenvalue weighted by Gasteiger charge is 2.37. The molecule has 4 aliphatic rings. The minimum absolute atomic E-state index is 0.00835. The number of carbonyl (C=O) groups excluding carboxylic acids is 4. The summed E-state index contributed by atoms with van der Waals surface area (Å²) in [6.45, 7) is 49.4. The average Bonchev–Trinajstić information content (AvgIpc) is 1.63. The topological polar surface area (TPSA) is 375 Å². The molecule has 14 rings (SSSR count). The Balaban J connectivity index is 0.000000183. The number of aromatic amines is 3. The van der Waals surface area contributed by atoms with Gasteiger partial charge in [0.25, 0.3) is 5.91 Å². The van der Waals surface area contributed by atoms with E-state index in [1.165, 1.54) is 98.3 Å². The molecule has 0 saturated heterocycles. The van der Waals surface area contributed by atoms with Crippen molar-refractivity contribution >= 4 is 99.3 Å². The normalized spacial score (nSPS) is 19.3. The highest BCUT2D eigenvalue weighted by atomic mass is 32.1. The zero-order valence-electron chi connectivity index (χ0n) is 87.0. The monoisotopic (exact) mass is 1960 g/mol. The molecule has 29 nitrogen and oxygen atoms in total. The number of fused-ring (bicyclic) bond motifs is 3. The molecule has 0 fully saturated rings. The molecule has 0 spiro atoms. The molecule has 10 heterocycles. The van der Waals surface area contributed by atoms with Gasteiger partial charge in [0.15, 0.2) is 22.8 Å². The predicted octanol–water partition coefficient (Wildman–Crippen LogP) is 24.4. The van der Waals surface area contributed by atoms with Crippen LogP contribution in [0.3, 0.4) is 0 Å². The molecule has 10 aromatic rings. The Hall–Kier alpha value is -14.6. The van der Waals surface area contributed by atoms with Crippen LogP contribution in [0, 0.1) is 30.9 Å². The van der Waals surface area contributed by atoms with Crippen LogP contribution >= 0.6 is 24.4 Å². The van der Waals surface area contributed by atoms with Gasteiger partial charge >= 0.3 is 0 Å². The minimum Gasteiger partial charge on any atom is -0.369 e. The summed E-state index contributed by atoms with van der Waals surface area (Å²) in [6, 6.07) is 1.43. The third-order valence-corrected chi connectivity index (χ3v) is 27.1. The maximum absolute atomic E-state index is 12.8. The number of anilines is 3. The molecule has 4 aliphatic carbocycles. The SMILES string of the molecule is CC1=C(/C=C/C(C)=C/C=C/C(C)=C/C(=O)NC(C)(C)C)C(C)(C)CCC1n1ccnc1.CC1=C(/C=C/C(C)=C/C=C/C(C)=C/C(=O)NCn2c(N)nc3nc[nH]c3c2=S)C(C)(C)CCC1n1ccnc1.CC1=C(/C=C/C(C)=C/C=C/C(C)=C/C(=O)Nc2ncnc3nc[nH]c23)C(C)(C)CCC1n1ccnc1.CC1=C(/C=C/C(C)=C/C=C/C(C)=C/C(=O)n2c(N)nc3nc[nH]c3c2=S)C(C)(C)CCC1n1ccnc1. The molecule has 3 amide bonds. The predicted molar refractivity (Wildman–Crippen MR) is 582 cm³/mol. The van der Waals surface area contributed by atoms with Gasteiger partial charge < -0.3 is 60.6 Å². The number of nitrogens with zero attached hydrogens (tertiary/aromatic N) is 17. The number of aromatic nitrogens is 20. The fourth-order valence-electron chi connectivity index (χ4n) is 18.4. The van der Waals surface area contributed by atoms with Gasteiger partial charge in [0, 0.05) is 79.4 Å². The first-order valence-corrected chi connectivity index (χ1v) is 49.2. The standard InChI is InChI=1S/C29H36N8OS.C28H33N7OS.C28H33N7O.C27H39N3O/c1-19(9-10-22-21(3)23(11-12-29(22,4)5)36-14-13-31-17-36)7-6-8-20(2)15-24(38)34-18-37-27(39)25-26(33-16-32-25)35-28(37)30;1-18(9-10-21-20(3)22(11-12-28(21,4)5)34-14-13-30-17-34)7-6-8-19(2)15-23(36)35-26(37)24-25(32-16-31-24)33-27(35)29;1-19(9-10-22-21(3)23(11-12-28(22,4)5)35-14-13-29-18-35)7-6-8-20(2)15-24(36)34-27-25-26(31-16-30-25)32-17-33-27;1-20(10-9-11-21(2)18-25(31)29-26(4,5)6)12-13-23-22(3)24(14-15-27(23,7)8)30-17-16-28-19-30/h6-10,13-17,23H,11-12,18H2,1-5H3,(H2,30,35)(H,32,33)(H,34,38);6-10,13-17,22H,11-12H2,1-5H3,(H2,29,33)(H,31,32);6-10,13-18,23H,11-12H2,1-5H3,(H2,30,31,32,33,34,36);9-13,16-19,24H,14-15H2,1-8H3,(H,29,31)/b8-6+,10-9+,19-7+,20-15+;8-6+,10-9+,18-7+,19-15+;8-6+,10-9+,19-7+,20-15+;11-9+,13-12+,20-10+,21-18+. The second kappa shape index (κ2) is 48.7. The lowest BCUT2D eigenvalue weighted by Gasteiger charge is -2.38. The minimum atomic E-state index is -0.358. The maximum atomic E-state index is 12.8. The molecular formula is C112H141N25O4S2. The van der Waals surface area contributed by atoms with Crippen LogP contribution in [-0.4, -0.2) is 126 Å². The number of imidazole rings is 7. The number of nitrogen functional groups attached to an aromatic ring is 2. The van der Waals surface area contributed by atoms with Crippen molar-refractivity contribution in [3.8, 4) is 0 Å². The summed E-state index contributed by atoms with van der Waals surface area (Å²) in [6.07, 6.45) is 85.6. The van der Waals surface area contributed by atoms with Gasteiger partial charge in [0.05, 0.1) is 75.1 Å². The Bertz CT molecular complexity index is 7050. The molecule has 4 atom stereocenters. The van der Waals surface area contributed by atoms with E-state index in [0.29, 0.717) is 68.1 Å². The van der Waals surface area contributed by atoms with E-state index in [4.69, 9.17) is 35.9 Å². The van der Waals surface area contributed by atoms with Crippen molar-refractivity contribution in [3.63, 3.8) is 0 Å². The lowest BCUT2D eigenvalue weighted by atomic mass is 9.71. The molecule has 750 valence electrons. The molecular weight excluding hydrogens is 1820 g/mol. The van der Waals surface area contributed by atoms with Gasteiger partial charge in [-0.3, -0.25) is 23.7 Å². The van der Waals surface area contributed by atoms with Crippen LogP contribution in [-0.2, 0) is 21.1 Å². The molecule has 10 aromatic heterocycles. The van der Waals surface area contributed by atoms with E-state index < -0.39 is 0 Å². The van der Waals surface area contributed by atoms with Gasteiger partial charge in [-0.05, 0) is 244 Å². The summed E-state index contributed by atoms with van der Waals surface area (Å²) in [7, 11) is 0. The smallest absolute Gasteiger partial charge is 0.258 e. The second-order valence-corrected chi connectivity index (χ2v) is 41.5. The van der Waals surface area contributed by atoms with Crippen LogP contribution in [0.4, 0.5) is 17.7 Å². The molecule has 0 bridgehead atoms. The van der Waals surface area contributed by atoms with Crippen molar-refractivity contribution < 1.29 is 19.2 Å². The maximum Gasteiger partial charge on any atom is 0.258 e. The van der Waals surface area contributed by atoms with Crippen molar-refractivity contribution in [2.75, 3.05) is 16.8 Å². The van der Waals surface area contributed by atoms with Crippen molar-refractivity contribution in [2.45, 2.75) is 247 Å². The van der Waals surface area contributed by atoms with E-state index in [9.17, 15) is 19.2 Å². The van der Waals surface area contributed by atoms with E-state index in [0.717, 1.165) is 90.4 Å². The third-order valence-electron chi connectivity index (χ3n) is 26.3. The molecule has 0 saturated carbocycles. The number of hydrogen-bond acceptors (Lipinski definition) is 19. The van der Waals surface area contributed by atoms with Crippen molar-refractivity contribution in [3.05, 3.63) is 344 Å². The first-order valence-electron chi connectivity index (χ1n) is 48.4. The molecule has 4 unspecified atom stereocenters. The Kier molecular flexibility index (Phi) is 37.1. The number of hydrogen-bond donors (Lipinski definition) is 8. The van der Waals surface area contributed by atoms with Crippen molar-refractivity contribution in [1.82, 2.24) is 108 Å². The van der Waals surface area contributed by atoms with Crippen LogP contribution in [0.25, 0.3) is 33.5 Å². The third kappa shape index (κ3) is 29.8. The number of nitrogens with two attached hydrogens (primary N) is 2. The van der Waals surface area contributed by atoms with E-state index in [-0.39, 0.29) is 74.0 Å². The quantitative estimate of drug-likeness (QED) is 0.0135. The summed E-state index contributed by atoms with van der Waals surface area (Å²) < 4.78 is 12.3. The number of amides is 3. The average molecular weight is 1970 g/mol. The van der Waals surface area contributed by atoms with Crippen molar-refractivity contribution in [1.29, 1.82) is 0 Å². The van der Waals surface area contributed by atoms with Gasteiger partial charge in [0.1, 0.15) is 32.2 Å². The number of carbonyl (C=O) groups is 4. The second-order valence-electron chi connectivity index (χ2n) is 40.8. The Morgan fingerprint density at radius 2 is 0.748 bits per heavy atom. The van der Waals surface area contributed by atoms with Crippen LogP contribution in [0.15, 0.2) is 335 Å². The molecule has 143 heavy (non-hydrogen) atoms. The van der Waals surface area contributed by atoms with Gasteiger partial charge in [-0.15, -0.1) is 0 Å². The van der Waals surface area contributed by atoms with E-state index in [2.05, 4.69) is 276 Å². The van der Waals surface area contributed by atoms with Crippen LogP contribution in [0.2, 0.25) is 0 Å². The fourth-order valence-corrected chi connectivity index (χ4v) is 19.0. The van der Waals surface area contributed by atoms with Crippen LogP contribution in [0.5, 0.6) is 0 Å². The number of rotatable bonds is 27. The zero-order valence-corrected chi connectivity index (χ0v) is 88.6. The Labute approximate surface area is 850 Å². The van der Waals surface area contributed by atoms with Gasteiger partial charge in [-0.1, -0.05) is 224 Å². The number of H-pyrrole nitrogens is 3. The van der Waals surface area contributed by atoms with E-state index >= 15 is 0 Å². The number of allylic oxidation sites excluding steroid dienone is 37. The lowest BCUT2D eigenvalue weighted by molar-refractivity contribution is -0.118. The van der Waals surface area contributed by atoms with Crippen molar-refractivity contribution in [2.24, 2.45) is 21.7 Å². The van der Waals surface area contributed by atoms with Gasteiger partial charge in [0.2, 0.25) is 29.6 Å². The summed E-state index contributed by atoms with van der Waals surface area (Å²) >= 11 is 10.8.